The number of carboxylic acids is 1. The number of aliphatic hydroxyl groups is 1. The van der Waals surface area contributed by atoms with Crippen molar-refractivity contribution in [2.24, 2.45) is 5.41 Å². The van der Waals surface area contributed by atoms with Gasteiger partial charge in [0.05, 0.1) is 18.8 Å². The van der Waals surface area contributed by atoms with E-state index in [4.69, 9.17) is 9.84 Å². The number of aliphatic hydroxyl groups excluding tert-OH is 1. The van der Waals surface area contributed by atoms with Gasteiger partial charge in [0.2, 0.25) is 0 Å². The fourth-order valence-electron chi connectivity index (χ4n) is 2.23. The van der Waals surface area contributed by atoms with E-state index >= 15 is 0 Å². The van der Waals surface area contributed by atoms with Crippen LogP contribution in [0, 0.1) is 5.41 Å². The van der Waals surface area contributed by atoms with Crippen molar-refractivity contribution >= 4 is 5.97 Å². The van der Waals surface area contributed by atoms with Crippen LogP contribution in [-0.2, 0) is 9.53 Å². The zero-order valence-corrected chi connectivity index (χ0v) is 10.4. The van der Waals surface area contributed by atoms with Crippen molar-refractivity contribution in [3.8, 4) is 0 Å². The van der Waals surface area contributed by atoms with Gasteiger partial charge in [0.1, 0.15) is 0 Å². The van der Waals surface area contributed by atoms with Crippen LogP contribution in [0.1, 0.15) is 25.7 Å². The summed E-state index contributed by atoms with van der Waals surface area (Å²) in [5, 5.41) is 20.0. The van der Waals surface area contributed by atoms with Gasteiger partial charge in [-0.15, -0.1) is 0 Å². The van der Waals surface area contributed by atoms with E-state index in [0.29, 0.717) is 25.7 Å². The zero-order valence-electron chi connectivity index (χ0n) is 8.41. The van der Waals surface area contributed by atoms with E-state index in [1.54, 1.807) is 0 Å². The number of hydrogen-bond donors (Lipinski definition) is 1. The maximum Gasteiger partial charge on any atom is 1.00 e. The summed E-state index contributed by atoms with van der Waals surface area (Å²) in [6.45, 7) is 0.200. The average Bonchev–Trinajstić information content (AvgIpc) is 2.20. The second kappa shape index (κ2) is 4.10. The van der Waals surface area contributed by atoms with Crippen LogP contribution in [0.4, 0.5) is 0 Å². The Morgan fingerprint density at radius 2 is 1.93 bits per heavy atom. The molecule has 3 fully saturated rings. The van der Waals surface area contributed by atoms with Gasteiger partial charge in [-0.1, -0.05) is 0 Å². The second-order valence-corrected chi connectivity index (χ2v) is 4.20. The molecule has 74 valence electrons. The summed E-state index contributed by atoms with van der Waals surface area (Å²) in [6, 6.07) is 0. The van der Waals surface area contributed by atoms with Crippen molar-refractivity contribution in [3.05, 3.63) is 0 Å². The SMILES string of the molecule is O=C([O-])C12CCC(CO)(CC1)OC2.[Na+]. The summed E-state index contributed by atoms with van der Waals surface area (Å²) in [5.74, 6) is -1.00. The van der Waals surface area contributed by atoms with Crippen LogP contribution in [0.2, 0.25) is 0 Å². The van der Waals surface area contributed by atoms with E-state index in [0.717, 1.165) is 0 Å². The molecule has 0 radical (unpaired) electrons. The van der Waals surface area contributed by atoms with Crippen LogP contribution >= 0.6 is 0 Å². The average molecular weight is 208 g/mol. The van der Waals surface area contributed by atoms with Gasteiger partial charge in [-0.05, 0) is 25.7 Å². The smallest absolute Gasteiger partial charge is 0.549 e. The van der Waals surface area contributed by atoms with Crippen LogP contribution in [-0.4, -0.2) is 29.9 Å². The van der Waals surface area contributed by atoms with Crippen LogP contribution in [0.25, 0.3) is 0 Å². The Morgan fingerprint density at radius 1 is 1.36 bits per heavy atom. The Morgan fingerprint density at radius 3 is 2.21 bits per heavy atom. The molecule has 2 heterocycles. The molecule has 0 aromatic rings. The number of hydrogen-bond acceptors (Lipinski definition) is 4. The van der Waals surface area contributed by atoms with Crippen LogP contribution < -0.4 is 34.7 Å². The molecule has 1 N–H and O–H groups in total. The number of fused-ring (bicyclic) bond motifs is 3. The maximum absolute atomic E-state index is 10.9. The first-order valence-corrected chi connectivity index (χ1v) is 4.59. The Kier molecular flexibility index (Phi) is 3.65. The molecule has 0 amide bonds. The molecule has 0 aromatic heterocycles. The van der Waals surface area contributed by atoms with E-state index in [-0.39, 0.29) is 42.8 Å². The van der Waals surface area contributed by atoms with E-state index in [1.165, 1.54) is 0 Å². The largest absolute Gasteiger partial charge is 1.00 e. The first kappa shape index (κ1) is 12.5. The minimum Gasteiger partial charge on any atom is -0.549 e. The summed E-state index contributed by atoms with van der Waals surface area (Å²) in [4.78, 5) is 10.9. The molecule has 2 saturated heterocycles. The van der Waals surface area contributed by atoms with Gasteiger partial charge in [-0.3, -0.25) is 0 Å². The topological polar surface area (TPSA) is 69.6 Å². The first-order chi connectivity index (χ1) is 6.13. The van der Waals surface area contributed by atoms with Crippen molar-refractivity contribution in [3.63, 3.8) is 0 Å². The molecule has 0 spiro atoms. The van der Waals surface area contributed by atoms with Crippen molar-refractivity contribution in [2.45, 2.75) is 31.3 Å². The predicted molar refractivity (Wildman–Crippen MR) is 41.7 cm³/mol. The van der Waals surface area contributed by atoms with Gasteiger partial charge in [-0.25, -0.2) is 0 Å². The Bertz CT molecular complexity index is 216. The summed E-state index contributed by atoms with van der Waals surface area (Å²) in [7, 11) is 0. The molecule has 0 atom stereocenters. The van der Waals surface area contributed by atoms with Gasteiger partial charge in [0.25, 0.3) is 0 Å². The molecular formula is C9H13NaO4. The molecule has 3 aliphatic rings. The molecule has 5 heteroatoms. The first-order valence-electron chi connectivity index (χ1n) is 4.59. The summed E-state index contributed by atoms with van der Waals surface area (Å²) in [5.41, 5.74) is -1.21. The number of carbonyl (C=O) groups is 1. The van der Waals surface area contributed by atoms with Crippen molar-refractivity contribution in [2.75, 3.05) is 13.2 Å². The molecule has 0 unspecified atom stereocenters. The molecule has 1 aliphatic carbocycles. The molecule has 3 rings (SSSR count). The van der Waals surface area contributed by atoms with Crippen molar-refractivity contribution in [1.29, 1.82) is 0 Å². The number of carbonyl (C=O) groups excluding carboxylic acids is 1. The molecule has 0 aromatic carbocycles. The van der Waals surface area contributed by atoms with Gasteiger partial charge in [0.15, 0.2) is 0 Å². The second-order valence-electron chi connectivity index (χ2n) is 4.20. The fraction of sp³-hybridized carbons (Fsp3) is 0.889. The molecule has 2 bridgehead atoms. The molecule has 1 saturated carbocycles. The third-order valence-corrected chi connectivity index (χ3v) is 3.49. The number of rotatable bonds is 2. The van der Waals surface area contributed by atoms with Crippen LogP contribution in [0.15, 0.2) is 0 Å². The zero-order chi connectivity index (χ0) is 9.53. The number of carboxylic acid groups (broad SMARTS) is 1. The number of aliphatic carboxylic acids is 1. The minimum absolute atomic E-state index is 0. The Hall–Kier alpha value is 0.390. The van der Waals surface area contributed by atoms with Crippen molar-refractivity contribution < 1.29 is 49.3 Å². The van der Waals surface area contributed by atoms with Gasteiger partial charge < -0.3 is 19.7 Å². The van der Waals surface area contributed by atoms with Crippen molar-refractivity contribution in [1.82, 2.24) is 0 Å². The summed E-state index contributed by atoms with van der Waals surface area (Å²) in [6.07, 6.45) is 2.43. The predicted octanol–water partition coefficient (Wildman–Crippen LogP) is -3.94. The van der Waals surface area contributed by atoms with Crippen LogP contribution in [0.5, 0.6) is 0 Å². The maximum atomic E-state index is 10.9. The standard InChI is InChI=1S/C9H14O4.Na/c10-5-9-3-1-8(2-4-9,6-13-9)7(11)12;/h10H,1-6H2,(H,11,12);/q;+1/p-1. The summed E-state index contributed by atoms with van der Waals surface area (Å²) >= 11 is 0. The molecule has 14 heavy (non-hydrogen) atoms. The Labute approximate surface area is 105 Å². The summed E-state index contributed by atoms with van der Waals surface area (Å²) < 4.78 is 5.41. The monoisotopic (exact) mass is 208 g/mol. The molecule has 2 aliphatic heterocycles. The van der Waals surface area contributed by atoms with Gasteiger partial charge in [0, 0.05) is 11.4 Å². The third-order valence-electron chi connectivity index (χ3n) is 3.49. The van der Waals surface area contributed by atoms with E-state index in [9.17, 15) is 9.90 Å². The quantitative estimate of drug-likeness (QED) is 0.470. The minimum atomic E-state index is -1.00. The fourth-order valence-corrected chi connectivity index (χ4v) is 2.23. The van der Waals surface area contributed by atoms with Crippen LogP contribution in [0.3, 0.4) is 0 Å². The third kappa shape index (κ3) is 1.74. The normalized spacial score (nSPS) is 40.4. The van der Waals surface area contributed by atoms with Gasteiger partial charge in [-0.2, -0.15) is 0 Å². The Balaban J connectivity index is 0.000000980. The van der Waals surface area contributed by atoms with E-state index < -0.39 is 17.0 Å². The molecule has 4 nitrogen and oxygen atoms in total. The van der Waals surface area contributed by atoms with E-state index in [1.807, 2.05) is 0 Å². The van der Waals surface area contributed by atoms with Gasteiger partial charge >= 0.3 is 29.6 Å². The number of ether oxygens (including phenoxy) is 1. The molecular weight excluding hydrogens is 195 g/mol. The van der Waals surface area contributed by atoms with E-state index in [2.05, 4.69) is 0 Å².